The molecule has 2 aliphatic rings. The van der Waals surface area contributed by atoms with Crippen molar-refractivity contribution in [2.75, 3.05) is 31.1 Å². The summed E-state index contributed by atoms with van der Waals surface area (Å²) in [5, 5.41) is 0. The molecule has 0 aromatic carbocycles. The molecule has 2 aromatic rings. The first kappa shape index (κ1) is 16.9. The Bertz CT molecular complexity index is 882. The van der Waals surface area contributed by atoms with Gasteiger partial charge in [0.25, 0.3) is 0 Å². The van der Waals surface area contributed by atoms with E-state index >= 15 is 0 Å². The number of aromatic nitrogens is 2. The Morgan fingerprint density at radius 3 is 2.48 bits per heavy atom. The lowest BCUT2D eigenvalue weighted by Crippen LogP contribution is -2.49. The van der Waals surface area contributed by atoms with Gasteiger partial charge in [-0.2, -0.15) is 4.31 Å². The first-order valence-electron chi connectivity index (χ1n) is 8.60. The van der Waals surface area contributed by atoms with Crippen LogP contribution in [0.15, 0.2) is 23.2 Å². The summed E-state index contributed by atoms with van der Waals surface area (Å²) in [6, 6.07) is 3.70. The lowest BCUT2D eigenvalue weighted by atomic mass is 10.3. The van der Waals surface area contributed by atoms with Gasteiger partial charge in [-0.3, -0.25) is 0 Å². The van der Waals surface area contributed by atoms with Crippen LogP contribution < -0.4 is 4.90 Å². The summed E-state index contributed by atoms with van der Waals surface area (Å²) in [4.78, 5) is 13.5. The molecule has 0 bridgehead atoms. The van der Waals surface area contributed by atoms with E-state index < -0.39 is 10.0 Å². The van der Waals surface area contributed by atoms with E-state index in [1.54, 1.807) is 10.4 Å². The highest BCUT2D eigenvalue weighted by atomic mass is 32.2. The molecule has 0 unspecified atom stereocenters. The maximum Gasteiger partial charge on any atom is 0.244 e. The minimum atomic E-state index is -3.40. The number of sulfonamides is 1. The van der Waals surface area contributed by atoms with Crippen molar-refractivity contribution in [2.45, 2.75) is 37.5 Å². The molecule has 1 saturated carbocycles. The summed E-state index contributed by atoms with van der Waals surface area (Å²) in [6.45, 7) is 6.10. The average Bonchev–Trinajstić information content (AvgIpc) is 3.39. The van der Waals surface area contributed by atoms with Gasteiger partial charge in [-0.15, -0.1) is 11.3 Å². The van der Waals surface area contributed by atoms with Crippen molar-refractivity contribution in [1.29, 1.82) is 0 Å². The number of rotatable bonds is 4. The molecular weight excluding hydrogens is 356 g/mol. The molecule has 2 fully saturated rings. The van der Waals surface area contributed by atoms with Crippen LogP contribution in [-0.2, 0) is 10.0 Å². The lowest BCUT2D eigenvalue weighted by Gasteiger charge is -2.34. The highest BCUT2D eigenvalue weighted by Crippen LogP contribution is 2.38. The Labute approximate surface area is 152 Å². The van der Waals surface area contributed by atoms with Crippen LogP contribution in [0.3, 0.4) is 0 Å². The highest BCUT2D eigenvalue weighted by Gasteiger charge is 2.32. The van der Waals surface area contributed by atoms with E-state index in [2.05, 4.69) is 14.9 Å². The second kappa shape index (κ2) is 6.34. The summed E-state index contributed by atoms with van der Waals surface area (Å²) in [7, 11) is -3.40. The SMILES string of the molecule is Cc1cc(S(=O)(=O)N2CCN(c3ccnc(C4CC4)n3)CC2)c(C)s1. The Morgan fingerprint density at radius 2 is 1.88 bits per heavy atom. The van der Waals surface area contributed by atoms with Crippen molar-refractivity contribution < 1.29 is 8.42 Å². The van der Waals surface area contributed by atoms with Crippen LogP contribution in [-0.4, -0.2) is 48.9 Å². The van der Waals surface area contributed by atoms with Crippen LogP contribution in [0, 0.1) is 13.8 Å². The van der Waals surface area contributed by atoms with Crippen LogP contribution in [0.1, 0.15) is 34.3 Å². The van der Waals surface area contributed by atoms with Crippen molar-refractivity contribution >= 4 is 27.2 Å². The predicted octanol–water partition coefficient (Wildman–Crippen LogP) is 2.54. The monoisotopic (exact) mass is 378 g/mol. The molecule has 8 heteroatoms. The van der Waals surface area contributed by atoms with Gasteiger partial charge >= 0.3 is 0 Å². The number of piperazine rings is 1. The molecular formula is C17H22N4O2S2. The maximum absolute atomic E-state index is 12.9. The van der Waals surface area contributed by atoms with Crippen molar-refractivity contribution in [1.82, 2.24) is 14.3 Å². The first-order valence-corrected chi connectivity index (χ1v) is 10.9. The molecule has 4 rings (SSSR count). The molecule has 0 amide bonds. The lowest BCUT2D eigenvalue weighted by molar-refractivity contribution is 0.383. The normalized spacial score (nSPS) is 19.4. The van der Waals surface area contributed by atoms with Gasteiger partial charge in [0.15, 0.2) is 0 Å². The summed E-state index contributed by atoms with van der Waals surface area (Å²) < 4.78 is 27.4. The molecule has 1 aliphatic carbocycles. The Kier molecular flexibility index (Phi) is 4.29. The highest BCUT2D eigenvalue weighted by molar-refractivity contribution is 7.89. The van der Waals surface area contributed by atoms with E-state index in [4.69, 9.17) is 0 Å². The van der Waals surface area contributed by atoms with E-state index in [0.717, 1.165) is 21.4 Å². The zero-order valence-corrected chi connectivity index (χ0v) is 16.1. The van der Waals surface area contributed by atoms with Gasteiger partial charge in [-0.25, -0.2) is 18.4 Å². The molecule has 0 spiro atoms. The van der Waals surface area contributed by atoms with E-state index in [-0.39, 0.29) is 0 Å². The van der Waals surface area contributed by atoms with E-state index in [1.165, 1.54) is 24.2 Å². The molecule has 1 aliphatic heterocycles. The van der Waals surface area contributed by atoms with Gasteiger partial charge in [-0.05, 0) is 38.8 Å². The molecule has 0 N–H and O–H groups in total. The molecule has 134 valence electrons. The van der Waals surface area contributed by atoms with Gasteiger partial charge in [0.2, 0.25) is 10.0 Å². The minimum absolute atomic E-state index is 0.460. The fraction of sp³-hybridized carbons (Fsp3) is 0.529. The van der Waals surface area contributed by atoms with Gasteiger partial charge in [0, 0.05) is 48.0 Å². The Morgan fingerprint density at radius 1 is 1.16 bits per heavy atom. The van der Waals surface area contributed by atoms with Gasteiger partial charge in [0.1, 0.15) is 11.6 Å². The summed E-state index contributed by atoms with van der Waals surface area (Å²) in [6.07, 6.45) is 4.17. The summed E-state index contributed by atoms with van der Waals surface area (Å²) >= 11 is 1.53. The van der Waals surface area contributed by atoms with Gasteiger partial charge in [-0.1, -0.05) is 0 Å². The van der Waals surface area contributed by atoms with Crippen molar-refractivity contribution in [3.63, 3.8) is 0 Å². The largest absolute Gasteiger partial charge is 0.354 e. The van der Waals surface area contributed by atoms with Crippen LogP contribution in [0.25, 0.3) is 0 Å². The second-order valence-corrected chi connectivity index (χ2v) is 10.1. The zero-order chi connectivity index (χ0) is 17.6. The number of hydrogen-bond acceptors (Lipinski definition) is 6. The number of thiophene rings is 1. The smallest absolute Gasteiger partial charge is 0.244 e. The molecule has 0 radical (unpaired) electrons. The van der Waals surface area contributed by atoms with Crippen LogP contribution >= 0.6 is 11.3 Å². The third kappa shape index (κ3) is 3.30. The molecule has 25 heavy (non-hydrogen) atoms. The van der Waals surface area contributed by atoms with Crippen molar-refractivity contribution in [2.24, 2.45) is 0 Å². The predicted molar refractivity (Wildman–Crippen MR) is 98.8 cm³/mol. The fourth-order valence-corrected chi connectivity index (χ4v) is 6.18. The first-order chi connectivity index (χ1) is 11.9. The van der Waals surface area contributed by atoms with E-state index in [9.17, 15) is 8.42 Å². The number of anilines is 1. The van der Waals surface area contributed by atoms with E-state index in [0.29, 0.717) is 37.0 Å². The third-order valence-corrected chi connectivity index (χ3v) is 7.90. The number of hydrogen-bond donors (Lipinski definition) is 0. The Hall–Kier alpha value is -1.51. The quantitative estimate of drug-likeness (QED) is 0.818. The van der Waals surface area contributed by atoms with Crippen molar-refractivity contribution in [3.05, 3.63) is 33.9 Å². The molecule has 0 atom stereocenters. The molecule has 3 heterocycles. The number of aryl methyl sites for hydroxylation is 2. The van der Waals surface area contributed by atoms with Crippen LogP contribution in [0.4, 0.5) is 5.82 Å². The molecule has 2 aromatic heterocycles. The molecule has 1 saturated heterocycles. The van der Waals surface area contributed by atoms with Crippen LogP contribution in [0.2, 0.25) is 0 Å². The standard InChI is InChI=1S/C17H22N4O2S2/c1-12-11-15(13(2)24-12)25(22,23)21-9-7-20(8-10-21)16-5-6-18-17(19-16)14-3-4-14/h5-6,11,14H,3-4,7-10H2,1-2H3. The third-order valence-electron chi connectivity index (χ3n) is 4.78. The fourth-order valence-electron chi connectivity index (χ4n) is 3.24. The molecule has 6 nitrogen and oxygen atoms in total. The summed E-state index contributed by atoms with van der Waals surface area (Å²) in [5.74, 6) is 2.36. The topological polar surface area (TPSA) is 66.4 Å². The maximum atomic E-state index is 12.9. The summed E-state index contributed by atoms with van der Waals surface area (Å²) in [5.41, 5.74) is 0. The zero-order valence-electron chi connectivity index (χ0n) is 14.5. The average molecular weight is 379 g/mol. The Balaban J connectivity index is 1.48. The van der Waals surface area contributed by atoms with Gasteiger partial charge in [0.05, 0.1) is 4.90 Å². The number of nitrogens with zero attached hydrogens (tertiary/aromatic N) is 4. The van der Waals surface area contributed by atoms with E-state index in [1.807, 2.05) is 26.1 Å². The minimum Gasteiger partial charge on any atom is -0.354 e. The van der Waals surface area contributed by atoms with Crippen LogP contribution in [0.5, 0.6) is 0 Å². The second-order valence-electron chi connectivity index (χ2n) is 6.72. The van der Waals surface area contributed by atoms with Crippen molar-refractivity contribution in [3.8, 4) is 0 Å². The van der Waals surface area contributed by atoms with Gasteiger partial charge < -0.3 is 4.90 Å².